The third-order valence-electron chi connectivity index (χ3n) is 10.9. The molecule has 3 aromatic heterocycles. The molecule has 2 aromatic carbocycles. The lowest BCUT2D eigenvalue weighted by atomic mass is 9.96. The summed E-state index contributed by atoms with van der Waals surface area (Å²) in [5.74, 6) is 1.79. The SMILES string of the molecule is COC(=O)N[C@H](C(=O)N1CCC[C@H]1c1ncc(-c2ccc3cc(-c4cc5nc([C@@H]6CCCN6C(=O)[C@@H](C)C(C)C)[nH]c5cn4)ccc3c2)[nH]1)C(C)C.S.S.S.S. The van der Waals surface area contributed by atoms with Gasteiger partial charge in [0.25, 0.3) is 0 Å². The third kappa shape index (κ3) is 9.29. The van der Waals surface area contributed by atoms with E-state index in [0.717, 1.165) is 88.2 Å². The molecule has 5 aromatic rings. The van der Waals surface area contributed by atoms with Gasteiger partial charge in [-0.3, -0.25) is 14.6 Å². The zero-order valence-electron chi connectivity index (χ0n) is 32.8. The highest BCUT2D eigenvalue weighted by molar-refractivity contribution is 7.59. The summed E-state index contributed by atoms with van der Waals surface area (Å²) in [5, 5.41) is 4.86. The summed E-state index contributed by atoms with van der Waals surface area (Å²) >= 11 is 0. The summed E-state index contributed by atoms with van der Waals surface area (Å²) in [4.78, 5) is 63.9. The van der Waals surface area contributed by atoms with Gasteiger partial charge in [0.05, 0.1) is 54.0 Å². The number of methoxy groups -OCH3 is 1. The van der Waals surface area contributed by atoms with Crippen LogP contribution in [-0.2, 0) is 14.3 Å². The zero-order chi connectivity index (χ0) is 36.7. The maximum atomic E-state index is 13.6. The average Bonchev–Trinajstić information content (AvgIpc) is 3.97. The number of benzene rings is 2. The number of alkyl carbamates (subject to hydrolysis) is 1. The lowest BCUT2D eigenvalue weighted by Crippen LogP contribution is -2.51. The predicted octanol–water partition coefficient (Wildman–Crippen LogP) is 7.62. The van der Waals surface area contributed by atoms with Crippen LogP contribution in [0.25, 0.3) is 44.3 Å². The van der Waals surface area contributed by atoms with E-state index in [1.54, 1.807) is 0 Å². The highest BCUT2D eigenvalue weighted by Crippen LogP contribution is 2.36. The number of rotatable bonds is 9. The van der Waals surface area contributed by atoms with Crippen LogP contribution in [0.4, 0.5) is 4.79 Å². The normalized spacial score (nSPS) is 17.5. The number of likely N-dealkylation sites (tertiary alicyclic amines) is 2. The van der Waals surface area contributed by atoms with Gasteiger partial charge in [0.1, 0.15) is 17.7 Å². The summed E-state index contributed by atoms with van der Waals surface area (Å²) in [6.45, 7) is 11.4. The van der Waals surface area contributed by atoms with Crippen LogP contribution < -0.4 is 5.32 Å². The number of aromatic nitrogens is 5. The Morgan fingerprint density at radius 3 is 1.98 bits per heavy atom. The number of ether oxygens (including phenoxy) is 1. The quantitative estimate of drug-likeness (QED) is 0.138. The molecule has 2 fully saturated rings. The van der Waals surface area contributed by atoms with E-state index in [2.05, 4.69) is 65.5 Å². The molecule has 0 radical (unpaired) electrons. The van der Waals surface area contributed by atoms with Crippen molar-refractivity contribution in [2.75, 3.05) is 20.2 Å². The number of hydrogen-bond donors (Lipinski definition) is 3. The van der Waals surface area contributed by atoms with Gasteiger partial charge in [0.2, 0.25) is 11.8 Å². The molecular formula is C40H56N8O4S4. The van der Waals surface area contributed by atoms with Crippen molar-refractivity contribution in [2.24, 2.45) is 17.8 Å². The number of H-pyrrole nitrogens is 2. The van der Waals surface area contributed by atoms with E-state index in [1.165, 1.54) is 7.11 Å². The van der Waals surface area contributed by atoms with Crippen molar-refractivity contribution in [2.45, 2.75) is 78.4 Å². The maximum Gasteiger partial charge on any atom is 0.407 e. The van der Waals surface area contributed by atoms with Crippen molar-refractivity contribution in [3.63, 3.8) is 0 Å². The van der Waals surface area contributed by atoms with Gasteiger partial charge in [-0.15, -0.1) is 0 Å². The molecular weight excluding hydrogens is 785 g/mol. The van der Waals surface area contributed by atoms with Gasteiger partial charge in [-0.2, -0.15) is 54.0 Å². The van der Waals surface area contributed by atoms with Gasteiger partial charge in [0, 0.05) is 30.1 Å². The average molecular weight is 841 g/mol. The Kier molecular flexibility index (Phi) is 16.2. The third-order valence-corrected chi connectivity index (χ3v) is 10.9. The molecule has 0 aliphatic carbocycles. The molecule has 56 heavy (non-hydrogen) atoms. The van der Waals surface area contributed by atoms with Gasteiger partial charge in [-0.1, -0.05) is 58.9 Å². The second kappa shape index (κ2) is 19.5. The predicted molar refractivity (Wildman–Crippen MR) is 241 cm³/mol. The monoisotopic (exact) mass is 840 g/mol. The minimum Gasteiger partial charge on any atom is -0.453 e. The molecule has 5 heterocycles. The Morgan fingerprint density at radius 1 is 0.750 bits per heavy atom. The standard InChI is InChI=1S/C40H48N8O4.4H2S/c1-22(2)24(5)38(49)47-15-8-10-34(47)37-43-30-19-29(41-21-32(30)45-37)27-13-11-26-18-28(14-12-25(26)17-27)31-20-42-36(44-31)33-9-7-16-48(33)39(50)35(23(3)4)46-40(51)52-6;;;;/h11-14,17-24,33-35H,7-10,15-16H2,1-6H3,(H,42,44)(H,43,45)(H,46,51);4*1H2/t24-,33-,34-,35-;;;;/m0..../s1. The minimum absolute atomic E-state index is 0. The number of carbonyl (C=O) groups is 3. The molecule has 3 amide bonds. The van der Waals surface area contributed by atoms with Crippen LogP contribution in [0.3, 0.4) is 0 Å². The van der Waals surface area contributed by atoms with Crippen LogP contribution in [0.1, 0.15) is 84.0 Å². The fraction of sp³-hybridized carbons (Fsp3) is 0.450. The van der Waals surface area contributed by atoms with E-state index in [1.807, 2.05) is 49.0 Å². The van der Waals surface area contributed by atoms with E-state index in [0.29, 0.717) is 6.54 Å². The van der Waals surface area contributed by atoms with Crippen molar-refractivity contribution >= 4 is 93.7 Å². The summed E-state index contributed by atoms with van der Waals surface area (Å²) in [6, 6.07) is 13.7. The molecule has 3 N–H and O–H groups in total. The number of hydrogen-bond acceptors (Lipinski definition) is 7. The second-order valence-electron chi connectivity index (χ2n) is 14.9. The van der Waals surface area contributed by atoms with Gasteiger partial charge in [-0.05, 0) is 66.5 Å². The second-order valence-corrected chi connectivity index (χ2v) is 14.9. The number of nitrogens with zero attached hydrogens (tertiary/aromatic N) is 5. The highest BCUT2D eigenvalue weighted by Gasteiger charge is 2.38. The number of amides is 3. The van der Waals surface area contributed by atoms with Gasteiger partial charge in [-0.25, -0.2) is 14.8 Å². The Labute approximate surface area is 356 Å². The highest BCUT2D eigenvalue weighted by atomic mass is 32.1. The molecule has 0 bridgehead atoms. The number of pyridine rings is 1. The zero-order valence-corrected chi connectivity index (χ0v) is 36.8. The summed E-state index contributed by atoms with van der Waals surface area (Å²) in [6.07, 6.45) is 6.55. The van der Waals surface area contributed by atoms with Crippen LogP contribution in [0.15, 0.2) is 54.9 Å². The molecule has 304 valence electrons. The van der Waals surface area contributed by atoms with Crippen molar-refractivity contribution in [3.05, 3.63) is 66.5 Å². The molecule has 4 atom stereocenters. The van der Waals surface area contributed by atoms with Crippen LogP contribution >= 0.6 is 54.0 Å². The molecule has 2 saturated heterocycles. The van der Waals surface area contributed by atoms with E-state index in [-0.39, 0.29) is 95.6 Å². The lowest BCUT2D eigenvalue weighted by molar-refractivity contribution is -0.137. The first-order chi connectivity index (χ1) is 25.0. The number of nitrogens with one attached hydrogen (secondary N) is 3. The number of carbonyl (C=O) groups excluding carboxylic acids is 3. The van der Waals surface area contributed by atoms with E-state index in [9.17, 15) is 14.4 Å². The van der Waals surface area contributed by atoms with Gasteiger partial charge < -0.3 is 29.8 Å². The largest absolute Gasteiger partial charge is 0.453 e. The topological polar surface area (TPSA) is 149 Å². The Hall–Kier alpha value is -3.86. The molecule has 0 unspecified atom stereocenters. The Bertz CT molecular complexity index is 2140. The van der Waals surface area contributed by atoms with Crippen LogP contribution in [0.5, 0.6) is 0 Å². The molecule has 0 spiro atoms. The maximum absolute atomic E-state index is 13.6. The number of imidazole rings is 2. The van der Waals surface area contributed by atoms with Crippen LogP contribution in [0, 0.1) is 17.8 Å². The van der Waals surface area contributed by atoms with Gasteiger partial charge in [0.15, 0.2) is 0 Å². The van der Waals surface area contributed by atoms with Crippen LogP contribution in [0.2, 0.25) is 0 Å². The van der Waals surface area contributed by atoms with Crippen molar-refractivity contribution in [1.82, 2.24) is 40.0 Å². The first-order valence-corrected chi connectivity index (χ1v) is 18.4. The summed E-state index contributed by atoms with van der Waals surface area (Å²) in [5.41, 5.74) is 5.39. The molecule has 0 saturated carbocycles. The van der Waals surface area contributed by atoms with E-state index >= 15 is 0 Å². The number of fused-ring (bicyclic) bond motifs is 2. The Morgan fingerprint density at radius 2 is 1.36 bits per heavy atom. The molecule has 2 aliphatic heterocycles. The van der Waals surface area contributed by atoms with E-state index < -0.39 is 12.1 Å². The van der Waals surface area contributed by atoms with Crippen LogP contribution in [-0.4, -0.2) is 78.9 Å². The first-order valence-electron chi connectivity index (χ1n) is 18.4. The summed E-state index contributed by atoms with van der Waals surface area (Å²) in [7, 11) is 1.30. The molecule has 12 nitrogen and oxygen atoms in total. The minimum atomic E-state index is -0.681. The fourth-order valence-electron chi connectivity index (χ4n) is 7.52. The van der Waals surface area contributed by atoms with Crippen molar-refractivity contribution in [3.8, 4) is 22.5 Å². The first kappa shape index (κ1) is 46.5. The molecule has 7 rings (SSSR count). The molecule has 16 heteroatoms. The lowest BCUT2D eigenvalue weighted by Gasteiger charge is -2.30. The smallest absolute Gasteiger partial charge is 0.407 e. The molecule has 2 aliphatic rings. The Balaban J connectivity index is 0.00000210. The van der Waals surface area contributed by atoms with E-state index in [4.69, 9.17) is 19.7 Å². The van der Waals surface area contributed by atoms with Crippen molar-refractivity contribution < 1.29 is 19.1 Å². The van der Waals surface area contributed by atoms with Gasteiger partial charge >= 0.3 is 6.09 Å². The summed E-state index contributed by atoms with van der Waals surface area (Å²) < 4.78 is 4.76. The fourth-order valence-corrected chi connectivity index (χ4v) is 7.52. The number of aromatic amines is 2. The van der Waals surface area contributed by atoms with Crippen molar-refractivity contribution in [1.29, 1.82) is 0 Å².